The average molecular weight is 326 g/mol. The zero-order chi connectivity index (χ0) is 16.1. The summed E-state index contributed by atoms with van der Waals surface area (Å²) in [4.78, 5) is 4.98. The molecule has 1 aromatic carbocycles. The average Bonchev–Trinajstić information content (AvgIpc) is 2.52. The van der Waals surface area contributed by atoms with Gasteiger partial charge in [0.25, 0.3) is 0 Å². The molecule has 5 heteroatoms. The van der Waals surface area contributed by atoms with E-state index < -0.39 is 0 Å². The molecule has 2 N–H and O–H groups in total. The van der Waals surface area contributed by atoms with Crippen LogP contribution in [0.3, 0.4) is 0 Å². The van der Waals surface area contributed by atoms with E-state index in [0.717, 1.165) is 31.9 Å². The molecule has 0 aliphatic carbocycles. The monoisotopic (exact) mass is 325 g/mol. The first-order valence-electron chi connectivity index (χ1n) is 8.21. The van der Waals surface area contributed by atoms with E-state index in [0.29, 0.717) is 24.2 Å². The van der Waals surface area contributed by atoms with Crippen LogP contribution in [0.15, 0.2) is 18.2 Å². The summed E-state index contributed by atoms with van der Waals surface area (Å²) in [6, 6.07) is 6.75. The summed E-state index contributed by atoms with van der Waals surface area (Å²) in [6.45, 7) is 12.0. The fraction of sp³-hybridized carbons (Fsp3) is 0.647. The van der Waals surface area contributed by atoms with Crippen LogP contribution in [-0.2, 0) is 0 Å². The van der Waals surface area contributed by atoms with Gasteiger partial charge < -0.3 is 15.4 Å². The van der Waals surface area contributed by atoms with Gasteiger partial charge in [-0.15, -0.1) is 0 Å². The Morgan fingerprint density at radius 1 is 1.36 bits per heavy atom. The molecule has 1 saturated heterocycles. The van der Waals surface area contributed by atoms with Crippen molar-refractivity contribution in [3.8, 4) is 5.75 Å². The maximum absolute atomic E-state index is 6.34. The number of hydrogen-bond donors (Lipinski definition) is 1. The normalized spacial score (nSPS) is 21.8. The highest BCUT2D eigenvalue weighted by molar-refractivity contribution is 6.32. The molecular formula is C17H28ClN3O. The molecule has 1 fully saturated rings. The van der Waals surface area contributed by atoms with Crippen molar-refractivity contribution in [3.05, 3.63) is 28.8 Å². The van der Waals surface area contributed by atoms with Crippen molar-refractivity contribution in [2.24, 2.45) is 5.73 Å². The Balaban J connectivity index is 2.16. The first-order chi connectivity index (χ1) is 10.6. The summed E-state index contributed by atoms with van der Waals surface area (Å²) < 4.78 is 5.52. The van der Waals surface area contributed by atoms with Crippen molar-refractivity contribution in [2.75, 3.05) is 39.3 Å². The predicted molar refractivity (Wildman–Crippen MR) is 92.7 cm³/mol. The highest BCUT2D eigenvalue weighted by atomic mass is 35.5. The quantitative estimate of drug-likeness (QED) is 0.873. The molecule has 4 nitrogen and oxygen atoms in total. The van der Waals surface area contributed by atoms with E-state index in [-0.39, 0.29) is 6.04 Å². The number of likely N-dealkylation sites (N-methyl/N-ethyl adjacent to an activating group) is 1. The van der Waals surface area contributed by atoms with Gasteiger partial charge in [0.2, 0.25) is 0 Å². The van der Waals surface area contributed by atoms with E-state index in [1.165, 1.54) is 5.56 Å². The molecule has 1 aliphatic heterocycles. The van der Waals surface area contributed by atoms with Crippen LogP contribution in [0.1, 0.15) is 32.4 Å². The van der Waals surface area contributed by atoms with Gasteiger partial charge in [-0.25, -0.2) is 0 Å². The SMILES string of the molecule is CCOc1ccc(C(CN)N2CCN(CC)CC2C)cc1Cl. The Bertz CT molecular complexity index is 483. The summed E-state index contributed by atoms with van der Waals surface area (Å²) in [5.41, 5.74) is 7.26. The van der Waals surface area contributed by atoms with Crippen molar-refractivity contribution < 1.29 is 4.74 Å². The minimum absolute atomic E-state index is 0.210. The van der Waals surface area contributed by atoms with E-state index >= 15 is 0 Å². The third-order valence-corrected chi connectivity index (χ3v) is 4.77. The van der Waals surface area contributed by atoms with Crippen LogP contribution in [0.2, 0.25) is 5.02 Å². The number of benzene rings is 1. The first kappa shape index (κ1) is 17.5. The molecule has 2 atom stereocenters. The Labute approximate surface area is 139 Å². The molecular weight excluding hydrogens is 298 g/mol. The third kappa shape index (κ3) is 3.93. The Kier molecular flexibility index (Phi) is 6.50. The fourth-order valence-corrected chi connectivity index (χ4v) is 3.50. The van der Waals surface area contributed by atoms with Gasteiger partial charge in [0.15, 0.2) is 0 Å². The molecule has 2 rings (SSSR count). The van der Waals surface area contributed by atoms with Crippen molar-refractivity contribution >= 4 is 11.6 Å². The second-order valence-corrected chi connectivity index (χ2v) is 6.26. The maximum Gasteiger partial charge on any atom is 0.137 e. The zero-order valence-corrected chi connectivity index (χ0v) is 14.6. The van der Waals surface area contributed by atoms with Crippen LogP contribution in [0.25, 0.3) is 0 Å². The van der Waals surface area contributed by atoms with E-state index in [9.17, 15) is 0 Å². The first-order valence-corrected chi connectivity index (χ1v) is 8.58. The van der Waals surface area contributed by atoms with Gasteiger partial charge in [-0.05, 0) is 38.1 Å². The number of ether oxygens (including phenoxy) is 1. The van der Waals surface area contributed by atoms with E-state index in [2.05, 4.69) is 29.7 Å². The lowest BCUT2D eigenvalue weighted by molar-refractivity contribution is 0.0536. The number of halogens is 1. The summed E-state index contributed by atoms with van der Waals surface area (Å²) in [5, 5.41) is 0.664. The lowest BCUT2D eigenvalue weighted by Crippen LogP contribution is -2.53. The lowest BCUT2D eigenvalue weighted by atomic mass is 10.0. The Morgan fingerprint density at radius 3 is 2.68 bits per heavy atom. The number of piperazine rings is 1. The molecule has 22 heavy (non-hydrogen) atoms. The number of nitrogens with zero attached hydrogens (tertiary/aromatic N) is 2. The number of rotatable bonds is 6. The second kappa shape index (κ2) is 8.16. The van der Waals surface area contributed by atoms with Gasteiger partial charge >= 0.3 is 0 Å². The van der Waals surface area contributed by atoms with Gasteiger partial charge in [-0.3, -0.25) is 4.90 Å². The molecule has 0 aromatic heterocycles. The van der Waals surface area contributed by atoms with Gasteiger partial charge in [-0.1, -0.05) is 24.6 Å². The molecule has 0 saturated carbocycles. The lowest BCUT2D eigenvalue weighted by Gasteiger charge is -2.43. The van der Waals surface area contributed by atoms with Crippen LogP contribution < -0.4 is 10.5 Å². The summed E-state index contributed by atoms with van der Waals surface area (Å²) in [7, 11) is 0. The maximum atomic E-state index is 6.34. The van der Waals surface area contributed by atoms with Crippen molar-refractivity contribution in [3.63, 3.8) is 0 Å². The van der Waals surface area contributed by atoms with Crippen LogP contribution in [0.5, 0.6) is 5.75 Å². The molecule has 2 unspecified atom stereocenters. The van der Waals surface area contributed by atoms with Gasteiger partial charge in [0.1, 0.15) is 5.75 Å². The minimum Gasteiger partial charge on any atom is -0.492 e. The van der Waals surface area contributed by atoms with Gasteiger partial charge in [-0.2, -0.15) is 0 Å². The van der Waals surface area contributed by atoms with Crippen LogP contribution in [-0.4, -0.2) is 55.2 Å². The Morgan fingerprint density at radius 2 is 2.14 bits per heavy atom. The molecule has 1 aromatic rings. The van der Waals surface area contributed by atoms with Gasteiger partial charge in [0, 0.05) is 38.3 Å². The van der Waals surface area contributed by atoms with E-state index in [1.807, 2.05) is 19.1 Å². The highest BCUT2D eigenvalue weighted by Crippen LogP contribution is 2.31. The smallest absolute Gasteiger partial charge is 0.137 e. The molecule has 0 radical (unpaired) electrons. The van der Waals surface area contributed by atoms with Crippen molar-refractivity contribution in [1.82, 2.24) is 9.80 Å². The van der Waals surface area contributed by atoms with E-state index in [1.54, 1.807) is 0 Å². The van der Waals surface area contributed by atoms with Crippen molar-refractivity contribution in [2.45, 2.75) is 32.9 Å². The topological polar surface area (TPSA) is 41.7 Å². The van der Waals surface area contributed by atoms with Crippen LogP contribution in [0, 0.1) is 0 Å². The molecule has 0 amide bonds. The van der Waals surface area contributed by atoms with Crippen molar-refractivity contribution in [1.29, 1.82) is 0 Å². The molecule has 1 aliphatic rings. The van der Waals surface area contributed by atoms with Crippen LogP contribution in [0.4, 0.5) is 0 Å². The number of nitrogens with two attached hydrogens (primary N) is 1. The highest BCUT2D eigenvalue weighted by Gasteiger charge is 2.29. The predicted octanol–water partition coefficient (Wildman–Crippen LogP) is 2.76. The summed E-state index contributed by atoms with van der Waals surface area (Å²) >= 11 is 6.34. The van der Waals surface area contributed by atoms with E-state index in [4.69, 9.17) is 22.1 Å². The molecule has 0 spiro atoms. The zero-order valence-electron chi connectivity index (χ0n) is 13.9. The minimum atomic E-state index is 0.210. The second-order valence-electron chi connectivity index (χ2n) is 5.85. The standard InChI is InChI=1S/C17H28ClN3O/c1-4-20-8-9-21(13(3)12-20)16(11-19)14-6-7-17(22-5-2)15(18)10-14/h6-7,10,13,16H,4-5,8-9,11-12,19H2,1-3H3. The molecule has 124 valence electrons. The summed E-state index contributed by atoms with van der Waals surface area (Å²) in [6.07, 6.45) is 0. The number of hydrogen-bond acceptors (Lipinski definition) is 4. The van der Waals surface area contributed by atoms with Gasteiger partial charge in [0.05, 0.1) is 11.6 Å². The third-order valence-electron chi connectivity index (χ3n) is 4.47. The van der Waals surface area contributed by atoms with Crippen LogP contribution >= 0.6 is 11.6 Å². The largest absolute Gasteiger partial charge is 0.492 e. The summed E-state index contributed by atoms with van der Waals surface area (Å²) in [5.74, 6) is 0.743. The molecule has 0 bridgehead atoms. The Hall–Kier alpha value is -0.810. The molecule has 1 heterocycles. The fourth-order valence-electron chi connectivity index (χ4n) is 3.26.